The van der Waals surface area contributed by atoms with Crippen molar-refractivity contribution in [2.75, 3.05) is 38.5 Å². The summed E-state index contributed by atoms with van der Waals surface area (Å²) in [6, 6.07) is 3.32. The van der Waals surface area contributed by atoms with E-state index in [1.807, 2.05) is 6.92 Å². The molecule has 0 heterocycles. The summed E-state index contributed by atoms with van der Waals surface area (Å²) in [6.45, 7) is 27.1. The molecule has 0 saturated heterocycles. The van der Waals surface area contributed by atoms with Gasteiger partial charge in [-0.25, -0.2) is 8.78 Å². The number of hydrogen-bond acceptors (Lipinski definition) is 3. The van der Waals surface area contributed by atoms with Crippen LogP contribution in [-0.2, 0) is 6.42 Å². The van der Waals surface area contributed by atoms with E-state index >= 15 is 4.39 Å². The fraction of sp³-hybridized carbons (Fsp3) is 0.613. The first kappa shape index (κ1) is 32.0. The molecule has 0 spiro atoms. The maximum atomic E-state index is 15.1. The SMILES string of the molecule is C=C(C)/C(C(=C)Nc1ccc(CCCN(CC)CCCC)c(F)c1F)=C(\C)C(C)(CC)N(C)CCC. The Morgan fingerprint density at radius 2 is 1.58 bits per heavy atom. The molecular formula is C31H51F2N3. The molecule has 0 radical (unpaired) electrons. The normalized spacial score (nSPS) is 14.1. The van der Waals surface area contributed by atoms with Gasteiger partial charge >= 0.3 is 0 Å². The Bertz CT molecular complexity index is 905. The highest BCUT2D eigenvalue weighted by Crippen LogP contribution is 2.35. The van der Waals surface area contributed by atoms with Crippen LogP contribution in [0.1, 0.15) is 86.1 Å². The van der Waals surface area contributed by atoms with Gasteiger partial charge in [-0.1, -0.05) is 53.3 Å². The van der Waals surface area contributed by atoms with E-state index in [2.05, 4.69) is 76.9 Å². The summed E-state index contributed by atoms with van der Waals surface area (Å²) < 4.78 is 30.1. The van der Waals surface area contributed by atoms with Crippen LogP contribution in [0.2, 0.25) is 0 Å². The Labute approximate surface area is 220 Å². The van der Waals surface area contributed by atoms with Crippen LogP contribution in [0.15, 0.2) is 47.7 Å². The summed E-state index contributed by atoms with van der Waals surface area (Å²) in [6.07, 6.45) is 5.59. The molecule has 36 heavy (non-hydrogen) atoms. The Morgan fingerprint density at radius 3 is 2.11 bits per heavy atom. The van der Waals surface area contributed by atoms with Gasteiger partial charge in [-0.05, 0) is 109 Å². The lowest BCUT2D eigenvalue weighted by Crippen LogP contribution is -2.45. The molecule has 0 aliphatic heterocycles. The first-order valence-electron chi connectivity index (χ1n) is 13.7. The number of benzene rings is 1. The number of nitrogens with zero attached hydrogens (tertiary/aromatic N) is 2. The van der Waals surface area contributed by atoms with Crippen molar-refractivity contribution in [3.63, 3.8) is 0 Å². The van der Waals surface area contributed by atoms with Crippen LogP contribution in [0, 0.1) is 11.6 Å². The third-order valence-corrected chi connectivity index (χ3v) is 7.64. The van der Waals surface area contributed by atoms with Gasteiger partial charge in [0.2, 0.25) is 0 Å². The van der Waals surface area contributed by atoms with E-state index in [9.17, 15) is 4.39 Å². The number of aryl methyl sites for hydroxylation is 1. The predicted octanol–water partition coefficient (Wildman–Crippen LogP) is 8.35. The van der Waals surface area contributed by atoms with Gasteiger partial charge in [-0.15, -0.1) is 0 Å². The summed E-state index contributed by atoms with van der Waals surface area (Å²) >= 11 is 0. The molecule has 204 valence electrons. The number of nitrogens with one attached hydrogen (secondary N) is 1. The molecule has 0 fully saturated rings. The quantitative estimate of drug-likeness (QED) is 0.216. The molecule has 1 unspecified atom stereocenters. The van der Waals surface area contributed by atoms with Crippen LogP contribution in [0.3, 0.4) is 0 Å². The van der Waals surface area contributed by atoms with Crippen LogP contribution in [0.4, 0.5) is 14.5 Å². The number of hydrogen-bond donors (Lipinski definition) is 1. The van der Waals surface area contributed by atoms with E-state index in [1.54, 1.807) is 12.1 Å². The number of unbranched alkanes of at least 4 members (excludes halogenated alkanes) is 1. The topological polar surface area (TPSA) is 18.5 Å². The smallest absolute Gasteiger partial charge is 0.182 e. The molecule has 0 aliphatic carbocycles. The summed E-state index contributed by atoms with van der Waals surface area (Å²) in [5.74, 6) is -1.63. The van der Waals surface area contributed by atoms with Gasteiger partial charge < -0.3 is 10.2 Å². The van der Waals surface area contributed by atoms with Crippen LogP contribution in [0.25, 0.3) is 0 Å². The molecule has 1 rings (SSSR count). The number of halogens is 2. The maximum absolute atomic E-state index is 15.1. The summed E-state index contributed by atoms with van der Waals surface area (Å²) in [4.78, 5) is 4.71. The highest BCUT2D eigenvalue weighted by molar-refractivity contribution is 5.60. The van der Waals surface area contributed by atoms with E-state index in [0.29, 0.717) is 17.7 Å². The molecule has 1 aromatic carbocycles. The van der Waals surface area contributed by atoms with Crippen LogP contribution in [0.5, 0.6) is 0 Å². The lowest BCUT2D eigenvalue weighted by atomic mass is 9.82. The van der Waals surface area contributed by atoms with Gasteiger partial charge in [-0.2, -0.15) is 0 Å². The summed E-state index contributed by atoms with van der Waals surface area (Å²) in [7, 11) is 2.13. The minimum Gasteiger partial charge on any atom is -0.353 e. The Kier molecular flexibility index (Phi) is 13.6. The highest BCUT2D eigenvalue weighted by Gasteiger charge is 2.31. The minimum absolute atomic E-state index is 0.103. The summed E-state index contributed by atoms with van der Waals surface area (Å²) in [5.41, 5.74) is 3.69. The first-order valence-corrected chi connectivity index (χ1v) is 13.7. The molecule has 0 saturated carbocycles. The molecule has 0 aliphatic rings. The minimum atomic E-state index is -0.855. The molecule has 5 heteroatoms. The van der Waals surface area contributed by atoms with Crippen molar-refractivity contribution >= 4 is 5.69 Å². The maximum Gasteiger partial charge on any atom is 0.182 e. The van der Waals surface area contributed by atoms with E-state index in [1.165, 1.54) is 0 Å². The van der Waals surface area contributed by atoms with Gasteiger partial charge in [0.15, 0.2) is 11.6 Å². The Hall–Kier alpha value is -1.98. The number of anilines is 1. The van der Waals surface area contributed by atoms with Gasteiger partial charge in [0.1, 0.15) is 0 Å². The van der Waals surface area contributed by atoms with E-state index in [4.69, 9.17) is 0 Å². The van der Waals surface area contributed by atoms with Crippen LogP contribution in [-0.4, -0.2) is 48.6 Å². The number of allylic oxidation sites excluding steroid dienone is 1. The third kappa shape index (κ3) is 8.27. The second-order valence-corrected chi connectivity index (χ2v) is 10.2. The average Bonchev–Trinajstić information content (AvgIpc) is 2.84. The van der Waals surface area contributed by atoms with Gasteiger partial charge in [0.25, 0.3) is 0 Å². The average molecular weight is 504 g/mol. The standard InChI is InChI=1S/C31H51F2N3/c1-11-15-21-36(14-4)22-16-17-26-18-19-27(30(33)29(26)32)34-25(8)28(23(5)6)24(7)31(9,13-3)35(10)20-12-2/h18-19,34H,5,8,11-17,20-22H2,1-4,6-7,9-10H3/b28-24-. The largest absolute Gasteiger partial charge is 0.353 e. The summed E-state index contributed by atoms with van der Waals surface area (Å²) in [5, 5.41) is 3.06. The van der Waals surface area contributed by atoms with Gasteiger partial charge in [0.05, 0.1) is 5.69 Å². The molecular weight excluding hydrogens is 452 g/mol. The monoisotopic (exact) mass is 503 g/mol. The lowest BCUT2D eigenvalue weighted by molar-refractivity contribution is 0.167. The van der Waals surface area contributed by atoms with Crippen LogP contribution < -0.4 is 5.32 Å². The van der Waals surface area contributed by atoms with Crippen molar-refractivity contribution in [2.45, 2.75) is 92.5 Å². The molecule has 1 aromatic rings. The molecule has 3 nitrogen and oxygen atoms in total. The zero-order valence-electron chi connectivity index (χ0n) is 24.3. The van der Waals surface area contributed by atoms with E-state index in [-0.39, 0.29) is 11.2 Å². The molecule has 1 atom stereocenters. The zero-order chi connectivity index (χ0) is 27.5. The zero-order valence-corrected chi connectivity index (χ0v) is 24.3. The number of rotatable bonds is 17. The first-order chi connectivity index (χ1) is 17.0. The molecule has 0 amide bonds. The number of likely N-dealkylation sites (N-methyl/N-ethyl adjacent to an activating group) is 1. The van der Waals surface area contributed by atoms with Gasteiger partial charge in [-0.3, -0.25) is 4.90 Å². The molecule has 1 N–H and O–H groups in total. The fourth-order valence-corrected chi connectivity index (χ4v) is 4.88. The van der Waals surface area contributed by atoms with Gasteiger partial charge in [0, 0.05) is 16.8 Å². The third-order valence-electron chi connectivity index (χ3n) is 7.64. The lowest BCUT2D eigenvalue weighted by Gasteiger charge is -2.41. The Morgan fingerprint density at radius 1 is 0.944 bits per heavy atom. The van der Waals surface area contributed by atoms with Crippen LogP contribution >= 0.6 is 0 Å². The predicted molar refractivity (Wildman–Crippen MR) is 154 cm³/mol. The molecule has 0 bridgehead atoms. The Balaban J connectivity index is 3.11. The van der Waals surface area contributed by atoms with E-state index < -0.39 is 11.6 Å². The second-order valence-electron chi connectivity index (χ2n) is 10.2. The second kappa shape index (κ2) is 15.3. The van der Waals surface area contributed by atoms with Crippen molar-refractivity contribution in [1.82, 2.24) is 9.80 Å². The fourth-order valence-electron chi connectivity index (χ4n) is 4.88. The molecule has 0 aromatic heterocycles. The van der Waals surface area contributed by atoms with Crippen molar-refractivity contribution in [2.24, 2.45) is 0 Å². The van der Waals surface area contributed by atoms with Crippen molar-refractivity contribution in [1.29, 1.82) is 0 Å². The van der Waals surface area contributed by atoms with Crippen molar-refractivity contribution < 1.29 is 8.78 Å². The van der Waals surface area contributed by atoms with Crippen molar-refractivity contribution in [3.05, 3.63) is 64.9 Å². The highest BCUT2D eigenvalue weighted by atomic mass is 19.2. The van der Waals surface area contributed by atoms with Crippen molar-refractivity contribution in [3.8, 4) is 0 Å². The van der Waals surface area contributed by atoms with E-state index in [0.717, 1.165) is 75.0 Å².